The van der Waals surface area contributed by atoms with Gasteiger partial charge in [0.25, 0.3) is 0 Å². The number of hydrogen-bond donors (Lipinski definition) is 1. The molecule has 2 unspecified atom stereocenters. The summed E-state index contributed by atoms with van der Waals surface area (Å²) in [6, 6.07) is 0. The highest BCUT2D eigenvalue weighted by Gasteiger charge is 2.40. The Kier molecular flexibility index (Phi) is 5.00. The van der Waals surface area contributed by atoms with Gasteiger partial charge in [-0.2, -0.15) is 0 Å². The highest BCUT2D eigenvalue weighted by atomic mass is 32.4. The standard InChI is InChI=1S/C7H17O3P3/c1-3-5-4(2)6(8)7(9-5)10-13(11)12/h4-8H,3,11-12H2,1-2H3/t4-,5-,6-,7-/m1/s1. The van der Waals surface area contributed by atoms with Gasteiger partial charge in [-0.25, -0.2) is 0 Å². The molecule has 1 rings (SSSR count). The van der Waals surface area contributed by atoms with Crippen molar-refractivity contribution in [3.05, 3.63) is 0 Å². The second-order valence-corrected chi connectivity index (χ2v) is 9.04. The quantitative estimate of drug-likeness (QED) is 0.770. The maximum absolute atomic E-state index is 9.75. The molecule has 13 heavy (non-hydrogen) atoms. The minimum atomic E-state index is -0.633. The van der Waals surface area contributed by atoms with E-state index in [0.717, 1.165) is 6.42 Å². The first-order valence-corrected chi connectivity index (χ1v) is 8.85. The predicted octanol–water partition coefficient (Wildman–Crippen LogP) is 2.11. The average molecular weight is 242 g/mol. The maximum atomic E-state index is 9.75. The van der Waals surface area contributed by atoms with E-state index < -0.39 is 19.9 Å². The smallest absolute Gasteiger partial charge is 0.188 e. The molecule has 0 aromatic carbocycles. The van der Waals surface area contributed by atoms with E-state index in [0.29, 0.717) is 0 Å². The monoisotopic (exact) mass is 242 g/mol. The van der Waals surface area contributed by atoms with Crippen molar-refractivity contribution in [2.45, 2.75) is 38.8 Å². The Morgan fingerprint density at radius 3 is 2.54 bits per heavy atom. The van der Waals surface area contributed by atoms with Gasteiger partial charge in [-0.1, -0.05) is 31.7 Å². The molecule has 1 N–H and O–H groups in total. The fourth-order valence-corrected chi connectivity index (χ4v) is 2.65. The Morgan fingerprint density at radius 1 is 1.54 bits per heavy atom. The van der Waals surface area contributed by atoms with Crippen LogP contribution in [0, 0.1) is 5.92 Å². The topological polar surface area (TPSA) is 38.7 Å². The van der Waals surface area contributed by atoms with Crippen molar-refractivity contribution in [1.82, 2.24) is 0 Å². The van der Waals surface area contributed by atoms with Gasteiger partial charge in [0.1, 0.15) is 6.10 Å². The largest absolute Gasteiger partial charge is 0.387 e. The van der Waals surface area contributed by atoms with Crippen LogP contribution in [0.5, 0.6) is 0 Å². The Bertz CT molecular complexity index is 167. The van der Waals surface area contributed by atoms with Crippen LogP contribution in [0.1, 0.15) is 20.3 Å². The molecule has 6 heteroatoms. The van der Waals surface area contributed by atoms with Crippen molar-refractivity contribution in [2.24, 2.45) is 5.92 Å². The lowest BCUT2D eigenvalue weighted by Crippen LogP contribution is -2.25. The van der Waals surface area contributed by atoms with Crippen LogP contribution >= 0.6 is 25.4 Å². The van der Waals surface area contributed by atoms with E-state index in [1.165, 1.54) is 0 Å². The zero-order valence-electron chi connectivity index (χ0n) is 7.88. The summed E-state index contributed by atoms with van der Waals surface area (Å²) in [4.78, 5) is 0. The molecule has 0 aromatic heterocycles. The van der Waals surface area contributed by atoms with Gasteiger partial charge in [0, 0.05) is 5.92 Å². The molecule has 1 saturated heterocycles. The van der Waals surface area contributed by atoms with Gasteiger partial charge in [-0.3, -0.25) is 0 Å². The first kappa shape index (κ1) is 12.2. The summed E-state index contributed by atoms with van der Waals surface area (Å²) < 4.78 is 11.0. The van der Waals surface area contributed by atoms with Crippen LogP contribution < -0.4 is 0 Å². The van der Waals surface area contributed by atoms with E-state index >= 15 is 0 Å². The summed E-state index contributed by atoms with van der Waals surface area (Å²) in [7, 11) is 4.48. The molecule has 0 radical (unpaired) electrons. The van der Waals surface area contributed by atoms with E-state index in [-0.39, 0.29) is 12.0 Å². The van der Waals surface area contributed by atoms with Gasteiger partial charge in [-0.15, -0.1) is 0 Å². The van der Waals surface area contributed by atoms with Crippen molar-refractivity contribution >= 4 is 25.4 Å². The van der Waals surface area contributed by atoms with E-state index in [4.69, 9.17) is 9.26 Å². The van der Waals surface area contributed by atoms with Crippen molar-refractivity contribution in [3.63, 3.8) is 0 Å². The fourth-order valence-electron chi connectivity index (χ4n) is 1.52. The van der Waals surface area contributed by atoms with Gasteiger partial charge in [-0.05, 0) is 6.42 Å². The Balaban J connectivity index is 2.50. The lowest BCUT2D eigenvalue weighted by atomic mass is 9.99. The van der Waals surface area contributed by atoms with E-state index in [2.05, 4.69) is 24.8 Å². The lowest BCUT2D eigenvalue weighted by Gasteiger charge is -2.17. The maximum Gasteiger partial charge on any atom is 0.188 e. The van der Waals surface area contributed by atoms with E-state index in [9.17, 15) is 5.11 Å². The number of rotatable bonds is 3. The summed E-state index contributed by atoms with van der Waals surface area (Å²) in [5.74, 6) is 0.167. The molecule has 0 bridgehead atoms. The lowest BCUT2D eigenvalue weighted by molar-refractivity contribution is -0.102. The van der Waals surface area contributed by atoms with Crippen LogP contribution in [-0.2, 0) is 9.26 Å². The molecule has 1 fully saturated rings. The van der Waals surface area contributed by atoms with Gasteiger partial charge >= 0.3 is 0 Å². The molecule has 6 atom stereocenters. The SMILES string of the molecule is CC[C@H]1O[C@H](OP(P)P)[C@H](O)[C@@H]1C. The number of aliphatic hydroxyl groups excluding tert-OH is 1. The molecule has 1 aliphatic heterocycles. The highest BCUT2D eigenvalue weighted by Crippen LogP contribution is 2.56. The molecular formula is C7H17O3P3. The number of aliphatic hydroxyl groups is 1. The molecule has 1 aliphatic rings. The van der Waals surface area contributed by atoms with Crippen LogP contribution in [0.2, 0.25) is 0 Å². The molecule has 78 valence electrons. The third kappa shape index (κ3) is 3.06. The van der Waals surface area contributed by atoms with Crippen LogP contribution in [0.15, 0.2) is 0 Å². The second-order valence-electron chi connectivity index (χ2n) is 3.27. The second kappa shape index (κ2) is 5.31. The number of ether oxygens (including phenoxy) is 1. The summed E-state index contributed by atoms with van der Waals surface area (Å²) in [6.07, 6.45) is 0.117. The van der Waals surface area contributed by atoms with Crippen LogP contribution in [0.3, 0.4) is 0 Å². The van der Waals surface area contributed by atoms with Crippen molar-refractivity contribution in [1.29, 1.82) is 0 Å². The number of hydrogen-bond acceptors (Lipinski definition) is 3. The molecule has 0 saturated carbocycles. The van der Waals surface area contributed by atoms with Gasteiger partial charge in [0.05, 0.1) is 13.6 Å². The summed E-state index contributed by atoms with van der Waals surface area (Å²) in [6.45, 7) is 4.05. The normalized spacial score (nSPS) is 40.2. The van der Waals surface area contributed by atoms with Crippen molar-refractivity contribution in [3.8, 4) is 0 Å². The van der Waals surface area contributed by atoms with Crippen molar-refractivity contribution in [2.75, 3.05) is 0 Å². The minimum absolute atomic E-state index is 0.130. The minimum Gasteiger partial charge on any atom is -0.387 e. The Morgan fingerprint density at radius 2 is 2.15 bits per heavy atom. The molecule has 3 nitrogen and oxygen atoms in total. The average Bonchev–Trinajstić information content (AvgIpc) is 2.32. The zero-order chi connectivity index (χ0) is 10.0. The third-order valence-corrected chi connectivity index (χ3v) is 3.52. The predicted molar refractivity (Wildman–Crippen MR) is 61.5 cm³/mol. The molecule has 0 aliphatic carbocycles. The molecular weight excluding hydrogens is 225 g/mol. The van der Waals surface area contributed by atoms with Crippen LogP contribution in [0.4, 0.5) is 0 Å². The van der Waals surface area contributed by atoms with Crippen LogP contribution in [0.25, 0.3) is 0 Å². The molecule has 0 amide bonds. The van der Waals surface area contributed by atoms with Crippen LogP contribution in [-0.4, -0.2) is 23.6 Å². The van der Waals surface area contributed by atoms with Crippen molar-refractivity contribution < 1.29 is 14.4 Å². The Labute approximate surface area is 85.0 Å². The molecule has 1 heterocycles. The Hall–Kier alpha value is 1.17. The summed E-state index contributed by atoms with van der Waals surface area (Å²) >= 11 is 0. The highest BCUT2D eigenvalue weighted by molar-refractivity contribution is 8.41. The van der Waals surface area contributed by atoms with E-state index in [1.54, 1.807) is 0 Å². The molecule has 0 spiro atoms. The summed E-state index contributed by atoms with van der Waals surface area (Å²) in [5.41, 5.74) is 0. The fraction of sp³-hybridized carbons (Fsp3) is 1.00. The van der Waals surface area contributed by atoms with Gasteiger partial charge in [0.2, 0.25) is 0 Å². The summed E-state index contributed by atoms with van der Waals surface area (Å²) in [5, 5.41) is 9.75. The first-order valence-electron chi connectivity index (χ1n) is 4.36. The van der Waals surface area contributed by atoms with Gasteiger partial charge in [0.15, 0.2) is 6.29 Å². The zero-order valence-corrected chi connectivity index (χ0v) is 11.1. The third-order valence-electron chi connectivity index (χ3n) is 2.34. The molecule has 0 aromatic rings. The van der Waals surface area contributed by atoms with E-state index in [1.807, 2.05) is 6.92 Å². The van der Waals surface area contributed by atoms with Gasteiger partial charge < -0.3 is 14.4 Å². The first-order chi connectivity index (χ1) is 6.06.